The Morgan fingerprint density at radius 2 is 1.73 bits per heavy atom. The smallest absolute Gasteiger partial charge is 0.262 e. The van der Waals surface area contributed by atoms with Gasteiger partial charge in [-0.05, 0) is 36.4 Å². The lowest BCUT2D eigenvalue weighted by molar-refractivity contribution is 0.0952. The molecule has 0 radical (unpaired) electrons. The average molecular weight is 392 g/mol. The zero-order chi connectivity index (χ0) is 18.1. The van der Waals surface area contributed by atoms with Crippen LogP contribution in [0.2, 0.25) is 0 Å². The fourth-order valence-electron chi connectivity index (χ4n) is 3.11. The molecule has 2 heterocycles. The Balaban J connectivity index is 1.48. The topological polar surface area (TPSA) is 69.7 Å². The van der Waals surface area contributed by atoms with Crippen LogP contribution < -0.4 is 10.2 Å². The number of sulfonamides is 1. The molecule has 0 atom stereocenters. The Morgan fingerprint density at radius 1 is 1.04 bits per heavy atom. The molecule has 2 aliphatic rings. The molecule has 1 saturated carbocycles. The largest absolute Gasteiger partial charge is 0.369 e. The second-order valence-electron chi connectivity index (χ2n) is 6.59. The molecule has 138 valence electrons. The lowest BCUT2D eigenvalue weighted by Crippen LogP contribution is -2.48. The van der Waals surface area contributed by atoms with E-state index < -0.39 is 10.0 Å². The van der Waals surface area contributed by atoms with Crippen molar-refractivity contribution in [1.29, 1.82) is 0 Å². The van der Waals surface area contributed by atoms with Crippen molar-refractivity contribution in [3.63, 3.8) is 0 Å². The summed E-state index contributed by atoms with van der Waals surface area (Å²) in [6.45, 7) is 2.10. The number of thiophene rings is 1. The summed E-state index contributed by atoms with van der Waals surface area (Å²) in [6, 6.07) is 11.7. The maximum Gasteiger partial charge on any atom is 0.262 e. The molecule has 2 fully saturated rings. The molecular weight excluding hydrogens is 370 g/mol. The summed E-state index contributed by atoms with van der Waals surface area (Å²) in [7, 11) is -3.66. The van der Waals surface area contributed by atoms with Gasteiger partial charge in [-0.1, -0.05) is 18.2 Å². The molecule has 0 unspecified atom stereocenters. The van der Waals surface area contributed by atoms with Crippen molar-refractivity contribution in [3.05, 3.63) is 46.7 Å². The molecule has 8 heteroatoms. The van der Waals surface area contributed by atoms with E-state index in [4.69, 9.17) is 0 Å². The van der Waals surface area contributed by atoms with Crippen molar-refractivity contribution in [2.24, 2.45) is 0 Å². The van der Waals surface area contributed by atoms with E-state index in [2.05, 4.69) is 10.2 Å². The van der Waals surface area contributed by atoms with Gasteiger partial charge in [-0.15, -0.1) is 11.3 Å². The van der Waals surface area contributed by atoms with Crippen molar-refractivity contribution >= 4 is 33.0 Å². The van der Waals surface area contributed by atoms with Gasteiger partial charge in [0.2, 0.25) is 10.0 Å². The minimum absolute atomic E-state index is 0.133. The molecule has 1 saturated heterocycles. The zero-order valence-electron chi connectivity index (χ0n) is 14.3. The first-order chi connectivity index (χ1) is 12.6. The molecule has 1 aromatic carbocycles. The number of amides is 1. The van der Waals surface area contributed by atoms with E-state index in [-0.39, 0.29) is 16.8 Å². The van der Waals surface area contributed by atoms with Gasteiger partial charge in [0.1, 0.15) is 9.77 Å². The molecule has 2 aromatic rings. The number of carbonyl (C=O) groups excluding carboxylic acids is 1. The highest BCUT2D eigenvalue weighted by atomic mass is 32.2. The van der Waals surface area contributed by atoms with Crippen molar-refractivity contribution in [3.8, 4) is 0 Å². The maximum absolute atomic E-state index is 13.1. The quantitative estimate of drug-likeness (QED) is 0.848. The Morgan fingerprint density at radius 3 is 2.38 bits per heavy atom. The Labute approximate surface area is 157 Å². The van der Waals surface area contributed by atoms with Gasteiger partial charge in [0.15, 0.2) is 0 Å². The third-order valence-electron chi connectivity index (χ3n) is 4.73. The van der Waals surface area contributed by atoms with E-state index in [1.807, 2.05) is 30.3 Å². The second kappa shape index (κ2) is 7.02. The van der Waals surface area contributed by atoms with Gasteiger partial charge in [-0.2, -0.15) is 4.31 Å². The number of hydrogen-bond acceptors (Lipinski definition) is 5. The zero-order valence-corrected chi connectivity index (χ0v) is 15.9. The number of nitrogens with zero attached hydrogens (tertiary/aromatic N) is 2. The number of hydrogen-bond donors (Lipinski definition) is 1. The summed E-state index contributed by atoms with van der Waals surface area (Å²) in [5, 5.41) is 4.56. The molecule has 1 N–H and O–H groups in total. The number of rotatable bonds is 5. The first-order valence-corrected chi connectivity index (χ1v) is 11.1. The fraction of sp³-hybridized carbons (Fsp3) is 0.389. The van der Waals surface area contributed by atoms with Gasteiger partial charge in [0, 0.05) is 37.9 Å². The summed E-state index contributed by atoms with van der Waals surface area (Å²) in [6.07, 6.45) is 1.95. The number of para-hydroxylation sites is 1. The van der Waals surface area contributed by atoms with Crippen LogP contribution in [0.3, 0.4) is 0 Å². The van der Waals surface area contributed by atoms with E-state index in [1.165, 1.54) is 15.6 Å². The molecule has 0 bridgehead atoms. The van der Waals surface area contributed by atoms with Gasteiger partial charge < -0.3 is 10.2 Å². The first kappa shape index (κ1) is 17.5. The number of benzene rings is 1. The molecule has 6 nitrogen and oxygen atoms in total. The van der Waals surface area contributed by atoms with Crippen LogP contribution in [0.4, 0.5) is 5.69 Å². The van der Waals surface area contributed by atoms with E-state index in [0.29, 0.717) is 31.1 Å². The molecule has 1 aromatic heterocycles. The van der Waals surface area contributed by atoms with Crippen molar-refractivity contribution in [1.82, 2.24) is 9.62 Å². The third kappa shape index (κ3) is 3.49. The maximum atomic E-state index is 13.1. The number of piperazine rings is 1. The molecule has 26 heavy (non-hydrogen) atoms. The van der Waals surface area contributed by atoms with Crippen LogP contribution in [0.5, 0.6) is 0 Å². The Hall–Kier alpha value is -1.90. The van der Waals surface area contributed by atoms with Crippen LogP contribution in [0.15, 0.2) is 46.7 Å². The second-order valence-corrected chi connectivity index (χ2v) is 9.41. The molecule has 1 aliphatic carbocycles. The monoisotopic (exact) mass is 391 g/mol. The van der Waals surface area contributed by atoms with Crippen LogP contribution in [0.1, 0.15) is 22.5 Å². The van der Waals surface area contributed by atoms with Crippen LogP contribution in [0.25, 0.3) is 0 Å². The summed E-state index contributed by atoms with van der Waals surface area (Å²) in [5.41, 5.74) is 1.10. The molecular formula is C18H21N3O3S2. The van der Waals surface area contributed by atoms with E-state index in [0.717, 1.165) is 18.5 Å². The first-order valence-electron chi connectivity index (χ1n) is 8.74. The van der Waals surface area contributed by atoms with Gasteiger partial charge in [0.05, 0.1) is 0 Å². The van der Waals surface area contributed by atoms with E-state index >= 15 is 0 Å². The van der Waals surface area contributed by atoms with Crippen LogP contribution in [-0.2, 0) is 10.0 Å². The highest BCUT2D eigenvalue weighted by Crippen LogP contribution is 2.28. The Kier molecular flexibility index (Phi) is 4.73. The summed E-state index contributed by atoms with van der Waals surface area (Å²) < 4.78 is 27.6. The average Bonchev–Trinajstić information content (AvgIpc) is 3.33. The Bertz CT molecular complexity index is 883. The predicted octanol–water partition coefficient (Wildman–Crippen LogP) is 2.15. The summed E-state index contributed by atoms with van der Waals surface area (Å²) in [5.74, 6) is -0.274. The van der Waals surface area contributed by atoms with E-state index in [1.54, 1.807) is 11.4 Å². The number of nitrogens with one attached hydrogen (secondary N) is 1. The van der Waals surface area contributed by atoms with Crippen molar-refractivity contribution in [2.45, 2.75) is 23.8 Å². The van der Waals surface area contributed by atoms with Crippen LogP contribution in [-0.4, -0.2) is 50.9 Å². The SMILES string of the molecule is O=C(NC1CC1)c1sccc1S(=O)(=O)N1CCN(c2ccccc2)CC1. The van der Waals surface area contributed by atoms with Crippen LogP contribution in [0, 0.1) is 0 Å². The predicted molar refractivity (Wildman–Crippen MR) is 102 cm³/mol. The van der Waals surface area contributed by atoms with Crippen molar-refractivity contribution < 1.29 is 13.2 Å². The minimum atomic E-state index is -3.66. The summed E-state index contributed by atoms with van der Waals surface area (Å²) in [4.78, 5) is 15.0. The van der Waals surface area contributed by atoms with Gasteiger partial charge in [-0.25, -0.2) is 8.42 Å². The molecule has 0 spiro atoms. The molecule has 4 rings (SSSR count). The highest BCUT2D eigenvalue weighted by Gasteiger charge is 2.34. The van der Waals surface area contributed by atoms with Gasteiger partial charge in [0.25, 0.3) is 5.91 Å². The highest BCUT2D eigenvalue weighted by molar-refractivity contribution is 7.89. The molecule has 1 amide bonds. The van der Waals surface area contributed by atoms with Gasteiger partial charge in [-0.3, -0.25) is 4.79 Å². The number of anilines is 1. The van der Waals surface area contributed by atoms with Gasteiger partial charge >= 0.3 is 0 Å². The van der Waals surface area contributed by atoms with Crippen LogP contribution >= 0.6 is 11.3 Å². The summed E-state index contributed by atoms with van der Waals surface area (Å²) >= 11 is 1.19. The molecule has 1 aliphatic heterocycles. The normalized spacial score (nSPS) is 18.7. The lowest BCUT2D eigenvalue weighted by Gasteiger charge is -2.35. The van der Waals surface area contributed by atoms with E-state index in [9.17, 15) is 13.2 Å². The fourth-order valence-corrected chi connectivity index (χ4v) is 5.84. The minimum Gasteiger partial charge on any atom is -0.369 e. The van der Waals surface area contributed by atoms with Crippen molar-refractivity contribution in [2.75, 3.05) is 31.1 Å². The third-order valence-corrected chi connectivity index (χ3v) is 7.71. The number of carbonyl (C=O) groups is 1. The lowest BCUT2D eigenvalue weighted by atomic mass is 10.2. The standard InChI is InChI=1S/C18H21N3O3S2/c22-18(19-14-6-7-14)17-16(8-13-25-17)26(23,24)21-11-9-20(10-12-21)15-4-2-1-3-5-15/h1-5,8,13-14H,6-7,9-12H2,(H,19,22).